The van der Waals surface area contributed by atoms with E-state index in [0.717, 1.165) is 44.9 Å². The van der Waals surface area contributed by atoms with Crippen molar-refractivity contribution in [2.45, 2.75) is 56.5 Å². The second-order valence-corrected chi connectivity index (χ2v) is 6.44. The Balaban J connectivity index is 1.98. The van der Waals surface area contributed by atoms with Gasteiger partial charge in [-0.05, 0) is 25.7 Å². The van der Waals surface area contributed by atoms with Crippen LogP contribution in [0.2, 0.25) is 0 Å². The summed E-state index contributed by atoms with van der Waals surface area (Å²) in [6.07, 6.45) is 6.39. The van der Waals surface area contributed by atoms with Crippen molar-refractivity contribution in [3.8, 4) is 0 Å². The van der Waals surface area contributed by atoms with Gasteiger partial charge in [0.1, 0.15) is 0 Å². The van der Waals surface area contributed by atoms with E-state index in [4.69, 9.17) is 0 Å². The van der Waals surface area contributed by atoms with Gasteiger partial charge in [-0.25, -0.2) is 0 Å². The Kier molecular flexibility index (Phi) is 3.53. The van der Waals surface area contributed by atoms with Crippen molar-refractivity contribution in [3.05, 3.63) is 0 Å². The summed E-state index contributed by atoms with van der Waals surface area (Å²) < 4.78 is 28.8. The van der Waals surface area contributed by atoms with Gasteiger partial charge in [0.2, 0.25) is 0 Å². The van der Waals surface area contributed by atoms with Crippen molar-refractivity contribution in [1.82, 2.24) is 9.44 Å². The van der Waals surface area contributed by atoms with Gasteiger partial charge in [0.15, 0.2) is 0 Å². The summed E-state index contributed by atoms with van der Waals surface area (Å²) in [5.41, 5.74) is -0.626. The molecule has 16 heavy (non-hydrogen) atoms. The first-order valence-corrected chi connectivity index (χ1v) is 7.46. The standard InChI is InChI=1S/C10H20N2O3S/c13-8-10(6-2-1-3-7-10)12-16(14,15)11-9-4-5-9/h9,11-13H,1-8H2. The maximum atomic E-state index is 11.8. The molecule has 0 spiro atoms. The van der Waals surface area contributed by atoms with Crippen LogP contribution in [0, 0.1) is 0 Å². The van der Waals surface area contributed by atoms with E-state index >= 15 is 0 Å². The van der Waals surface area contributed by atoms with Crippen LogP contribution < -0.4 is 9.44 Å². The molecule has 3 N–H and O–H groups in total. The Morgan fingerprint density at radius 3 is 2.31 bits per heavy atom. The minimum Gasteiger partial charge on any atom is -0.394 e. The van der Waals surface area contributed by atoms with E-state index < -0.39 is 15.7 Å². The topological polar surface area (TPSA) is 78.4 Å². The average Bonchev–Trinajstić information content (AvgIpc) is 3.01. The highest BCUT2D eigenvalue weighted by atomic mass is 32.2. The van der Waals surface area contributed by atoms with Crippen molar-refractivity contribution in [3.63, 3.8) is 0 Å². The molecule has 0 aliphatic heterocycles. The zero-order valence-electron chi connectivity index (χ0n) is 9.41. The van der Waals surface area contributed by atoms with Gasteiger partial charge in [0, 0.05) is 6.04 Å². The fraction of sp³-hybridized carbons (Fsp3) is 1.00. The number of nitrogens with one attached hydrogen (secondary N) is 2. The van der Waals surface area contributed by atoms with E-state index in [1.54, 1.807) is 0 Å². The van der Waals surface area contributed by atoms with Gasteiger partial charge in [0.05, 0.1) is 12.1 Å². The zero-order valence-corrected chi connectivity index (χ0v) is 10.2. The van der Waals surface area contributed by atoms with Gasteiger partial charge < -0.3 is 5.11 Å². The molecule has 2 rings (SSSR count). The normalized spacial score (nSPS) is 25.6. The maximum absolute atomic E-state index is 11.8. The molecule has 0 aromatic rings. The minimum absolute atomic E-state index is 0.108. The number of aliphatic hydroxyl groups excluding tert-OH is 1. The van der Waals surface area contributed by atoms with Crippen molar-refractivity contribution in [2.75, 3.05) is 6.61 Å². The molecule has 94 valence electrons. The Morgan fingerprint density at radius 2 is 1.81 bits per heavy atom. The molecular formula is C10H20N2O3S. The van der Waals surface area contributed by atoms with Crippen LogP contribution in [0.25, 0.3) is 0 Å². The summed E-state index contributed by atoms with van der Waals surface area (Å²) in [6.45, 7) is -0.113. The smallest absolute Gasteiger partial charge is 0.277 e. The second kappa shape index (κ2) is 4.60. The molecule has 0 unspecified atom stereocenters. The van der Waals surface area contributed by atoms with Crippen LogP contribution in [0.1, 0.15) is 44.9 Å². The number of rotatable bonds is 5. The lowest BCUT2D eigenvalue weighted by molar-refractivity contribution is 0.141. The maximum Gasteiger partial charge on any atom is 0.277 e. The SMILES string of the molecule is O=S(=O)(NC1CC1)NC1(CO)CCCCC1. The first-order chi connectivity index (χ1) is 7.55. The Labute approximate surface area is 96.8 Å². The van der Waals surface area contributed by atoms with Crippen molar-refractivity contribution in [1.29, 1.82) is 0 Å². The Hall–Kier alpha value is -0.170. The summed E-state index contributed by atoms with van der Waals surface area (Å²) in [6, 6.07) is 0.108. The van der Waals surface area contributed by atoms with E-state index in [2.05, 4.69) is 9.44 Å². The first-order valence-electron chi connectivity index (χ1n) is 5.97. The molecule has 0 radical (unpaired) electrons. The molecular weight excluding hydrogens is 228 g/mol. The van der Waals surface area contributed by atoms with Crippen LogP contribution in [0.5, 0.6) is 0 Å². The van der Waals surface area contributed by atoms with Crippen molar-refractivity contribution < 1.29 is 13.5 Å². The van der Waals surface area contributed by atoms with Crippen LogP contribution in [-0.4, -0.2) is 31.7 Å². The van der Waals surface area contributed by atoms with Crippen LogP contribution in [0.3, 0.4) is 0 Å². The van der Waals surface area contributed by atoms with Crippen LogP contribution in [0.15, 0.2) is 0 Å². The average molecular weight is 248 g/mol. The third-order valence-corrected chi connectivity index (χ3v) is 4.71. The fourth-order valence-electron chi connectivity index (χ4n) is 2.26. The molecule has 2 aliphatic carbocycles. The van der Waals surface area contributed by atoms with Crippen molar-refractivity contribution >= 4 is 10.2 Å². The van der Waals surface area contributed by atoms with E-state index in [9.17, 15) is 13.5 Å². The summed E-state index contributed by atoms with van der Waals surface area (Å²) in [5.74, 6) is 0. The lowest BCUT2D eigenvalue weighted by atomic mass is 9.83. The largest absolute Gasteiger partial charge is 0.394 e. The summed E-state index contributed by atoms with van der Waals surface area (Å²) in [4.78, 5) is 0. The molecule has 0 bridgehead atoms. The minimum atomic E-state index is -3.45. The highest BCUT2D eigenvalue weighted by molar-refractivity contribution is 7.87. The van der Waals surface area contributed by atoms with Crippen LogP contribution in [-0.2, 0) is 10.2 Å². The molecule has 2 fully saturated rings. The van der Waals surface area contributed by atoms with Gasteiger partial charge >= 0.3 is 0 Å². The van der Waals surface area contributed by atoms with E-state index in [-0.39, 0.29) is 12.6 Å². The molecule has 0 amide bonds. The Bertz CT molecular complexity index is 332. The molecule has 5 nitrogen and oxygen atoms in total. The lowest BCUT2D eigenvalue weighted by Crippen LogP contribution is -2.55. The summed E-state index contributed by atoms with van der Waals surface area (Å²) in [7, 11) is -3.45. The quantitative estimate of drug-likeness (QED) is 0.653. The van der Waals surface area contributed by atoms with Gasteiger partial charge in [-0.2, -0.15) is 17.9 Å². The lowest BCUT2D eigenvalue weighted by Gasteiger charge is -2.35. The summed E-state index contributed by atoms with van der Waals surface area (Å²) in [5, 5.41) is 9.40. The number of hydrogen-bond acceptors (Lipinski definition) is 3. The Morgan fingerprint density at radius 1 is 1.19 bits per heavy atom. The number of aliphatic hydroxyl groups is 1. The third-order valence-electron chi connectivity index (χ3n) is 3.36. The van der Waals surface area contributed by atoms with Gasteiger partial charge in [-0.1, -0.05) is 19.3 Å². The highest BCUT2D eigenvalue weighted by Gasteiger charge is 2.37. The van der Waals surface area contributed by atoms with Crippen LogP contribution >= 0.6 is 0 Å². The molecule has 2 saturated carbocycles. The summed E-state index contributed by atoms with van der Waals surface area (Å²) >= 11 is 0. The molecule has 6 heteroatoms. The van der Waals surface area contributed by atoms with E-state index in [0.29, 0.717) is 0 Å². The molecule has 0 aromatic heterocycles. The molecule has 0 atom stereocenters. The molecule has 2 aliphatic rings. The van der Waals surface area contributed by atoms with Gasteiger partial charge in [-0.15, -0.1) is 0 Å². The fourth-order valence-corrected chi connectivity index (χ4v) is 3.83. The van der Waals surface area contributed by atoms with E-state index in [1.807, 2.05) is 0 Å². The molecule has 0 heterocycles. The van der Waals surface area contributed by atoms with Gasteiger partial charge in [-0.3, -0.25) is 0 Å². The first kappa shape index (κ1) is 12.3. The molecule has 0 aromatic carbocycles. The van der Waals surface area contributed by atoms with E-state index in [1.165, 1.54) is 0 Å². The monoisotopic (exact) mass is 248 g/mol. The third kappa shape index (κ3) is 3.16. The van der Waals surface area contributed by atoms with Crippen LogP contribution in [0.4, 0.5) is 0 Å². The molecule has 0 saturated heterocycles. The predicted octanol–water partition coefficient (Wildman–Crippen LogP) is 0.268. The van der Waals surface area contributed by atoms with Crippen molar-refractivity contribution in [2.24, 2.45) is 0 Å². The predicted molar refractivity (Wildman–Crippen MR) is 61.1 cm³/mol. The van der Waals surface area contributed by atoms with Gasteiger partial charge in [0.25, 0.3) is 10.2 Å². The number of hydrogen-bond donors (Lipinski definition) is 3. The highest BCUT2D eigenvalue weighted by Crippen LogP contribution is 2.28. The second-order valence-electron chi connectivity index (χ2n) is 5.00. The zero-order chi connectivity index (χ0) is 11.6.